The number of hydrogen-bond acceptors (Lipinski definition) is 2. The Kier molecular flexibility index (Phi) is 3.67. The second-order valence-electron chi connectivity index (χ2n) is 3.48. The normalized spacial score (nSPS) is 10.0. The highest BCUT2D eigenvalue weighted by Gasteiger charge is 2.13. The number of anilines is 1. The topological polar surface area (TPSA) is 29.1 Å². The first-order valence-corrected chi connectivity index (χ1v) is 5.74. The van der Waals surface area contributed by atoms with Gasteiger partial charge in [-0.25, -0.2) is 0 Å². The minimum atomic E-state index is -0.115. The summed E-state index contributed by atoms with van der Waals surface area (Å²) in [5.74, 6) is -0.115. The number of halogens is 2. The van der Waals surface area contributed by atoms with E-state index in [0.717, 1.165) is 0 Å². The molecule has 0 radical (unpaired) electrons. The van der Waals surface area contributed by atoms with Gasteiger partial charge in [0.2, 0.25) is 0 Å². The molecule has 2 aromatic rings. The number of hydrogen-bond donors (Lipinski definition) is 1. The lowest BCUT2D eigenvalue weighted by Crippen LogP contribution is -2.03. The number of carbonyl (C=O) groups excluding carboxylic acids is 1. The summed E-state index contributed by atoms with van der Waals surface area (Å²) in [5, 5.41) is 0.500. The SMILES string of the molecule is O=C(c1ccccc1)c1cc(Cl)ccc1NCl. The smallest absolute Gasteiger partial charge is 0.195 e. The highest BCUT2D eigenvalue weighted by Crippen LogP contribution is 2.24. The van der Waals surface area contributed by atoms with E-state index < -0.39 is 0 Å². The summed E-state index contributed by atoms with van der Waals surface area (Å²) in [5.41, 5.74) is 1.60. The number of nitrogens with one attached hydrogen (secondary N) is 1. The van der Waals surface area contributed by atoms with Crippen molar-refractivity contribution in [1.82, 2.24) is 0 Å². The molecule has 1 N–H and O–H groups in total. The molecule has 2 aromatic carbocycles. The first-order valence-electron chi connectivity index (χ1n) is 4.98. The highest BCUT2D eigenvalue weighted by molar-refractivity contribution is 6.32. The van der Waals surface area contributed by atoms with E-state index in [-0.39, 0.29) is 5.78 Å². The third-order valence-corrected chi connectivity index (χ3v) is 2.80. The molecular weight excluding hydrogens is 257 g/mol. The Bertz CT molecular complexity index is 540. The van der Waals surface area contributed by atoms with Gasteiger partial charge in [0, 0.05) is 27.9 Å². The third kappa shape index (κ3) is 2.60. The van der Waals surface area contributed by atoms with Gasteiger partial charge in [0.15, 0.2) is 5.78 Å². The van der Waals surface area contributed by atoms with Crippen LogP contribution in [0.25, 0.3) is 0 Å². The number of carbonyl (C=O) groups is 1. The molecule has 0 fully saturated rings. The van der Waals surface area contributed by atoms with Gasteiger partial charge < -0.3 is 0 Å². The average Bonchev–Trinajstić information content (AvgIpc) is 2.39. The zero-order chi connectivity index (χ0) is 12.3. The summed E-state index contributed by atoms with van der Waals surface area (Å²) < 4.78 is 0. The van der Waals surface area contributed by atoms with Gasteiger partial charge in [-0.15, -0.1) is 0 Å². The molecule has 0 saturated carbocycles. The maximum absolute atomic E-state index is 12.2. The Labute approximate surface area is 109 Å². The van der Waals surface area contributed by atoms with Crippen LogP contribution in [0, 0.1) is 0 Å². The fourth-order valence-corrected chi connectivity index (χ4v) is 1.87. The summed E-state index contributed by atoms with van der Waals surface area (Å²) in [6, 6.07) is 13.9. The van der Waals surface area contributed by atoms with Crippen LogP contribution in [0.4, 0.5) is 5.69 Å². The number of benzene rings is 2. The largest absolute Gasteiger partial charge is 0.298 e. The molecule has 0 aliphatic carbocycles. The average molecular weight is 266 g/mol. The molecule has 0 aliphatic rings. The predicted octanol–water partition coefficient (Wildman–Crippen LogP) is 4.14. The van der Waals surface area contributed by atoms with E-state index in [2.05, 4.69) is 4.84 Å². The van der Waals surface area contributed by atoms with Crippen molar-refractivity contribution in [3.63, 3.8) is 0 Å². The van der Waals surface area contributed by atoms with Gasteiger partial charge in [-0.05, 0) is 18.2 Å². The molecule has 0 unspecified atom stereocenters. The van der Waals surface area contributed by atoms with Crippen molar-refractivity contribution in [2.75, 3.05) is 4.84 Å². The molecule has 86 valence electrons. The summed E-state index contributed by atoms with van der Waals surface area (Å²) in [4.78, 5) is 14.7. The zero-order valence-electron chi connectivity index (χ0n) is 8.78. The van der Waals surface area contributed by atoms with Crippen molar-refractivity contribution in [3.8, 4) is 0 Å². The molecule has 0 aliphatic heterocycles. The van der Waals surface area contributed by atoms with Crippen LogP contribution in [0.5, 0.6) is 0 Å². The lowest BCUT2D eigenvalue weighted by molar-refractivity contribution is 0.103. The van der Waals surface area contributed by atoms with Crippen LogP contribution in [0.2, 0.25) is 5.02 Å². The van der Waals surface area contributed by atoms with Crippen molar-refractivity contribution in [1.29, 1.82) is 0 Å². The third-order valence-electron chi connectivity index (χ3n) is 2.36. The van der Waals surface area contributed by atoms with Gasteiger partial charge >= 0.3 is 0 Å². The van der Waals surface area contributed by atoms with Crippen LogP contribution in [-0.2, 0) is 0 Å². The highest BCUT2D eigenvalue weighted by atomic mass is 35.5. The van der Waals surface area contributed by atoms with Gasteiger partial charge in [0.25, 0.3) is 0 Å². The molecule has 4 heteroatoms. The van der Waals surface area contributed by atoms with Crippen molar-refractivity contribution >= 4 is 34.8 Å². The van der Waals surface area contributed by atoms with E-state index in [4.69, 9.17) is 23.4 Å². The van der Waals surface area contributed by atoms with Crippen LogP contribution in [0.3, 0.4) is 0 Å². The Morgan fingerprint density at radius 2 is 1.76 bits per heavy atom. The quantitative estimate of drug-likeness (QED) is 0.668. The maximum Gasteiger partial charge on any atom is 0.195 e. The van der Waals surface area contributed by atoms with Gasteiger partial charge in [-0.2, -0.15) is 0 Å². The molecule has 0 bridgehead atoms. The molecular formula is C13H9Cl2NO. The first kappa shape index (κ1) is 12.0. The van der Waals surface area contributed by atoms with Crippen molar-refractivity contribution in [3.05, 3.63) is 64.7 Å². The van der Waals surface area contributed by atoms with Crippen LogP contribution < -0.4 is 4.84 Å². The predicted molar refractivity (Wildman–Crippen MR) is 70.8 cm³/mol. The monoisotopic (exact) mass is 265 g/mol. The molecule has 0 aromatic heterocycles. The summed E-state index contributed by atoms with van der Waals surface area (Å²) in [6.07, 6.45) is 0. The Morgan fingerprint density at radius 1 is 1.06 bits per heavy atom. The minimum absolute atomic E-state index is 0.115. The fraction of sp³-hybridized carbons (Fsp3) is 0. The fourth-order valence-electron chi connectivity index (χ4n) is 1.53. The number of rotatable bonds is 3. The van der Waals surface area contributed by atoms with E-state index in [9.17, 15) is 4.79 Å². The van der Waals surface area contributed by atoms with E-state index in [1.807, 2.05) is 18.2 Å². The zero-order valence-corrected chi connectivity index (χ0v) is 10.3. The molecule has 0 heterocycles. The summed E-state index contributed by atoms with van der Waals surface area (Å²) >= 11 is 11.5. The Hall–Kier alpha value is -1.51. The van der Waals surface area contributed by atoms with E-state index in [1.165, 1.54) is 0 Å². The van der Waals surface area contributed by atoms with Gasteiger partial charge in [0.1, 0.15) is 0 Å². The molecule has 0 spiro atoms. The molecule has 0 saturated heterocycles. The van der Waals surface area contributed by atoms with Crippen molar-refractivity contribution < 1.29 is 4.79 Å². The molecule has 0 amide bonds. The molecule has 2 rings (SSSR count). The van der Waals surface area contributed by atoms with Gasteiger partial charge in [-0.1, -0.05) is 41.9 Å². The second-order valence-corrected chi connectivity index (χ2v) is 4.10. The van der Waals surface area contributed by atoms with E-state index in [0.29, 0.717) is 21.8 Å². The maximum atomic E-state index is 12.2. The van der Waals surface area contributed by atoms with Gasteiger partial charge in [0.05, 0.1) is 5.69 Å². The van der Waals surface area contributed by atoms with Crippen LogP contribution >= 0.6 is 23.4 Å². The minimum Gasteiger partial charge on any atom is -0.298 e. The van der Waals surface area contributed by atoms with Crippen LogP contribution in [0.15, 0.2) is 48.5 Å². The van der Waals surface area contributed by atoms with E-state index >= 15 is 0 Å². The van der Waals surface area contributed by atoms with E-state index in [1.54, 1.807) is 30.3 Å². The lowest BCUT2D eigenvalue weighted by Gasteiger charge is -2.07. The molecule has 2 nitrogen and oxygen atoms in total. The van der Waals surface area contributed by atoms with Gasteiger partial charge in [-0.3, -0.25) is 9.63 Å². The van der Waals surface area contributed by atoms with Crippen molar-refractivity contribution in [2.45, 2.75) is 0 Å². The lowest BCUT2D eigenvalue weighted by atomic mass is 10.0. The van der Waals surface area contributed by atoms with Crippen LogP contribution in [-0.4, -0.2) is 5.78 Å². The Balaban J connectivity index is 2.47. The first-order chi connectivity index (χ1) is 8.22. The van der Waals surface area contributed by atoms with Crippen LogP contribution in [0.1, 0.15) is 15.9 Å². The Morgan fingerprint density at radius 3 is 2.41 bits per heavy atom. The van der Waals surface area contributed by atoms with Crippen molar-refractivity contribution in [2.24, 2.45) is 0 Å². The standard InChI is InChI=1S/C13H9Cl2NO/c14-10-6-7-12(16-15)11(8-10)13(17)9-4-2-1-3-5-9/h1-8,16H. The summed E-state index contributed by atoms with van der Waals surface area (Å²) in [7, 11) is 0. The number of ketones is 1. The molecule has 17 heavy (non-hydrogen) atoms. The summed E-state index contributed by atoms with van der Waals surface area (Å²) in [6.45, 7) is 0. The second kappa shape index (κ2) is 5.21. The molecule has 0 atom stereocenters.